The van der Waals surface area contributed by atoms with Gasteiger partial charge in [0.2, 0.25) is 5.91 Å². The van der Waals surface area contributed by atoms with Gasteiger partial charge >= 0.3 is 0 Å². The summed E-state index contributed by atoms with van der Waals surface area (Å²) >= 11 is 0. The summed E-state index contributed by atoms with van der Waals surface area (Å²) in [5, 5.41) is 0. The Morgan fingerprint density at radius 1 is 0.969 bits per heavy atom. The Hall–Kier alpha value is -3.13. The number of likely N-dealkylation sites (N-methyl/N-ethyl adjacent to an activating group) is 2. The Balaban J connectivity index is 1.89. The number of ether oxygens (including phenoxy) is 2. The lowest BCUT2D eigenvalue weighted by Crippen LogP contribution is -2.52. The highest BCUT2D eigenvalue weighted by atomic mass is 19.1. The first-order valence-corrected chi connectivity index (χ1v) is 10.6. The molecule has 0 aromatic heterocycles. The Labute approximate surface area is 187 Å². The molecular formula is C24H28FN3O4. The summed E-state index contributed by atoms with van der Waals surface area (Å²) in [5.74, 6) is -0.809. The zero-order valence-electron chi connectivity index (χ0n) is 18.8. The zero-order chi connectivity index (χ0) is 23.0. The quantitative estimate of drug-likeness (QED) is 0.730. The molecule has 1 fully saturated rings. The number of nitrogens with zero attached hydrogens (tertiary/aromatic N) is 3. The highest BCUT2D eigenvalue weighted by Crippen LogP contribution is 2.46. The first-order valence-electron chi connectivity index (χ1n) is 10.6. The van der Waals surface area contributed by atoms with Crippen molar-refractivity contribution in [2.45, 2.75) is 12.0 Å². The molecule has 32 heavy (non-hydrogen) atoms. The molecule has 0 bridgehead atoms. The van der Waals surface area contributed by atoms with E-state index < -0.39 is 17.8 Å². The zero-order valence-corrected chi connectivity index (χ0v) is 18.8. The van der Waals surface area contributed by atoms with Crippen molar-refractivity contribution in [3.05, 3.63) is 58.9 Å². The van der Waals surface area contributed by atoms with Crippen LogP contribution in [-0.2, 0) is 4.79 Å². The van der Waals surface area contributed by atoms with Gasteiger partial charge in [-0.3, -0.25) is 9.59 Å². The van der Waals surface area contributed by atoms with Gasteiger partial charge in [0.1, 0.15) is 5.82 Å². The molecule has 8 heteroatoms. The van der Waals surface area contributed by atoms with Crippen molar-refractivity contribution in [3.63, 3.8) is 0 Å². The van der Waals surface area contributed by atoms with Gasteiger partial charge in [0.15, 0.2) is 11.5 Å². The highest BCUT2D eigenvalue weighted by Gasteiger charge is 2.46. The molecule has 2 amide bonds. The number of fused-ring (bicyclic) bond motifs is 1. The minimum Gasteiger partial charge on any atom is -0.493 e. The van der Waals surface area contributed by atoms with Crippen molar-refractivity contribution >= 4 is 11.8 Å². The summed E-state index contributed by atoms with van der Waals surface area (Å²) < 4.78 is 25.8. The monoisotopic (exact) mass is 441 g/mol. The van der Waals surface area contributed by atoms with Crippen LogP contribution in [0.25, 0.3) is 0 Å². The number of benzene rings is 2. The lowest BCUT2D eigenvalue weighted by atomic mass is 9.78. The van der Waals surface area contributed by atoms with E-state index in [1.54, 1.807) is 37.4 Å². The number of methoxy groups -OCH3 is 2. The summed E-state index contributed by atoms with van der Waals surface area (Å²) in [7, 11) is 6.63. The molecule has 2 heterocycles. The maximum absolute atomic E-state index is 14.9. The second-order valence-corrected chi connectivity index (χ2v) is 8.28. The van der Waals surface area contributed by atoms with Crippen LogP contribution in [0.4, 0.5) is 4.39 Å². The molecule has 0 aliphatic carbocycles. The Morgan fingerprint density at radius 3 is 2.22 bits per heavy atom. The van der Waals surface area contributed by atoms with Crippen LogP contribution in [0.5, 0.6) is 11.5 Å². The topological polar surface area (TPSA) is 62.3 Å². The third-order valence-electron chi connectivity index (χ3n) is 6.48. The summed E-state index contributed by atoms with van der Waals surface area (Å²) in [6.07, 6.45) is 0. The fourth-order valence-corrected chi connectivity index (χ4v) is 4.64. The fourth-order valence-electron chi connectivity index (χ4n) is 4.64. The van der Waals surface area contributed by atoms with Gasteiger partial charge in [-0.25, -0.2) is 4.39 Å². The van der Waals surface area contributed by atoms with Crippen molar-refractivity contribution in [2.75, 3.05) is 54.5 Å². The van der Waals surface area contributed by atoms with Gasteiger partial charge in [-0.2, -0.15) is 0 Å². The Kier molecular flexibility index (Phi) is 6.06. The fraction of sp³-hybridized carbons (Fsp3) is 0.417. The first-order chi connectivity index (χ1) is 15.4. The van der Waals surface area contributed by atoms with Crippen molar-refractivity contribution < 1.29 is 23.5 Å². The van der Waals surface area contributed by atoms with Crippen LogP contribution in [0.15, 0.2) is 36.4 Å². The number of amides is 2. The van der Waals surface area contributed by atoms with Crippen LogP contribution >= 0.6 is 0 Å². The molecule has 7 nitrogen and oxygen atoms in total. The molecule has 2 aliphatic heterocycles. The van der Waals surface area contributed by atoms with E-state index in [1.165, 1.54) is 25.2 Å². The van der Waals surface area contributed by atoms with Crippen LogP contribution in [0.3, 0.4) is 0 Å². The molecule has 0 N–H and O–H groups in total. The Bertz CT molecular complexity index is 1040. The van der Waals surface area contributed by atoms with E-state index >= 15 is 0 Å². The Morgan fingerprint density at radius 2 is 1.59 bits per heavy atom. The largest absolute Gasteiger partial charge is 0.493 e. The van der Waals surface area contributed by atoms with E-state index in [0.29, 0.717) is 41.3 Å². The van der Waals surface area contributed by atoms with Crippen molar-refractivity contribution in [2.24, 2.45) is 0 Å². The maximum atomic E-state index is 14.9. The lowest BCUT2D eigenvalue weighted by molar-refractivity contribution is -0.136. The molecule has 1 saturated heterocycles. The standard InChI is InChI=1S/C24H28FN3O4/c1-26-9-11-28(12-10-26)24(30)21-16-13-19(31-3)20(32-4)14-17(16)23(29)27(2)22(21)15-7-5-6-8-18(15)25/h5-8,13-14,21-22H,9-12H2,1-4H3/t21-,22-/m0/s1. The summed E-state index contributed by atoms with van der Waals surface area (Å²) in [6, 6.07) is 8.83. The minimum atomic E-state index is -0.776. The number of rotatable bonds is 4. The van der Waals surface area contributed by atoms with Crippen LogP contribution in [0.2, 0.25) is 0 Å². The molecule has 2 atom stereocenters. The molecule has 2 aromatic carbocycles. The summed E-state index contributed by atoms with van der Waals surface area (Å²) in [6.45, 7) is 2.68. The third-order valence-corrected chi connectivity index (χ3v) is 6.48. The number of halogens is 1. The average molecular weight is 442 g/mol. The molecule has 0 spiro atoms. The van der Waals surface area contributed by atoms with Crippen molar-refractivity contribution in [1.82, 2.24) is 14.7 Å². The summed E-state index contributed by atoms with van der Waals surface area (Å²) in [5.41, 5.74) is 1.21. The predicted molar refractivity (Wildman–Crippen MR) is 118 cm³/mol. The van der Waals surface area contributed by atoms with E-state index in [2.05, 4.69) is 4.90 Å². The number of carbonyl (C=O) groups is 2. The van der Waals surface area contributed by atoms with Gasteiger partial charge in [-0.05, 0) is 30.8 Å². The molecule has 2 aromatic rings. The van der Waals surface area contributed by atoms with Crippen molar-refractivity contribution in [1.29, 1.82) is 0 Å². The normalized spacial score (nSPS) is 21.3. The minimum absolute atomic E-state index is 0.126. The summed E-state index contributed by atoms with van der Waals surface area (Å²) in [4.78, 5) is 32.7. The lowest BCUT2D eigenvalue weighted by Gasteiger charge is -2.43. The molecule has 0 saturated carbocycles. The first kappa shape index (κ1) is 22.1. The predicted octanol–water partition coefficient (Wildman–Crippen LogP) is 2.53. The van der Waals surface area contributed by atoms with E-state index in [9.17, 15) is 14.0 Å². The number of piperazine rings is 1. The number of hydrogen-bond donors (Lipinski definition) is 0. The van der Waals surface area contributed by atoms with Gasteiger partial charge < -0.3 is 24.2 Å². The van der Waals surface area contributed by atoms with Crippen LogP contribution in [0.1, 0.15) is 33.4 Å². The molecule has 0 radical (unpaired) electrons. The van der Waals surface area contributed by atoms with Gasteiger partial charge in [0, 0.05) is 44.4 Å². The van der Waals surface area contributed by atoms with Gasteiger partial charge in [-0.1, -0.05) is 18.2 Å². The molecule has 170 valence electrons. The van der Waals surface area contributed by atoms with Gasteiger partial charge in [0.25, 0.3) is 5.91 Å². The molecule has 4 rings (SSSR count). The van der Waals surface area contributed by atoms with E-state index in [0.717, 1.165) is 13.1 Å². The van der Waals surface area contributed by atoms with Gasteiger partial charge in [0.05, 0.1) is 26.2 Å². The van der Waals surface area contributed by atoms with Crippen molar-refractivity contribution in [3.8, 4) is 11.5 Å². The van der Waals surface area contributed by atoms with E-state index in [4.69, 9.17) is 9.47 Å². The van der Waals surface area contributed by atoms with Crippen LogP contribution in [-0.4, -0.2) is 81.0 Å². The highest BCUT2D eigenvalue weighted by molar-refractivity contribution is 6.02. The SMILES string of the molecule is COc1cc2c(cc1OC)[C@H](C(=O)N1CCN(C)CC1)[C@H](c1ccccc1F)N(C)C2=O. The maximum Gasteiger partial charge on any atom is 0.254 e. The molecule has 2 aliphatic rings. The van der Waals surface area contributed by atoms with E-state index in [1.807, 2.05) is 11.9 Å². The van der Waals surface area contributed by atoms with Crippen LogP contribution in [0, 0.1) is 5.82 Å². The second kappa shape index (κ2) is 8.78. The molecular weight excluding hydrogens is 413 g/mol. The average Bonchev–Trinajstić information content (AvgIpc) is 2.81. The molecule has 0 unspecified atom stereocenters. The number of hydrogen-bond acceptors (Lipinski definition) is 5. The van der Waals surface area contributed by atoms with Gasteiger partial charge in [-0.15, -0.1) is 0 Å². The second-order valence-electron chi connectivity index (χ2n) is 8.28. The van der Waals surface area contributed by atoms with E-state index in [-0.39, 0.29) is 11.8 Å². The van der Waals surface area contributed by atoms with Crippen LogP contribution < -0.4 is 9.47 Å². The number of carbonyl (C=O) groups excluding carboxylic acids is 2. The third kappa shape index (κ3) is 3.68. The smallest absolute Gasteiger partial charge is 0.254 e.